The maximum Gasteiger partial charge on any atom is 0.170 e. The average molecular weight is 258 g/mol. The first kappa shape index (κ1) is 13.3. The summed E-state index contributed by atoms with van der Waals surface area (Å²) in [5.41, 5.74) is 4.39. The topological polar surface area (TPSA) is 44.1 Å². The van der Waals surface area contributed by atoms with Crippen LogP contribution in [0, 0.1) is 20.8 Å². The van der Waals surface area contributed by atoms with E-state index in [0.717, 1.165) is 40.2 Å². The minimum absolute atomic E-state index is 0.449. The lowest BCUT2D eigenvalue weighted by molar-refractivity contribution is 0.112. The summed E-state index contributed by atoms with van der Waals surface area (Å²) >= 11 is 0. The molecule has 0 unspecified atom stereocenters. The Balaban J connectivity index is 2.82. The molecule has 0 N–H and O–H groups in total. The number of benzene rings is 1. The molecule has 2 aromatic rings. The van der Waals surface area contributed by atoms with E-state index in [9.17, 15) is 4.79 Å². The lowest BCUT2D eigenvalue weighted by Gasteiger charge is -2.14. The van der Waals surface area contributed by atoms with E-state index in [2.05, 4.69) is 11.1 Å². The van der Waals surface area contributed by atoms with Gasteiger partial charge in [-0.05, 0) is 38.0 Å². The van der Waals surface area contributed by atoms with Crippen molar-refractivity contribution in [2.75, 3.05) is 7.11 Å². The van der Waals surface area contributed by atoms with Crippen LogP contribution in [0.3, 0.4) is 0 Å². The molecule has 1 aromatic carbocycles. The van der Waals surface area contributed by atoms with Gasteiger partial charge in [-0.15, -0.1) is 0 Å². The van der Waals surface area contributed by atoms with E-state index in [1.165, 1.54) is 0 Å². The minimum Gasteiger partial charge on any atom is -0.496 e. The molecule has 100 valence electrons. The van der Waals surface area contributed by atoms with Crippen molar-refractivity contribution in [2.45, 2.75) is 20.8 Å². The van der Waals surface area contributed by atoms with Gasteiger partial charge in [-0.2, -0.15) is 0 Å². The second-order valence-corrected chi connectivity index (χ2v) is 4.73. The van der Waals surface area contributed by atoms with Crippen molar-refractivity contribution in [1.82, 2.24) is 9.55 Å². The molecule has 1 aromatic heterocycles. The summed E-state index contributed by atoms with van der Waals surface area (Å²) in [5.74, 6) is 1.57. The Morgan fingerprint density at radius 3 is 2.53 bits per heavy atom. The number of carbonyl (C=O) groups excluding carboxylic acids is 1. The molecule has 0 aliphatic heterocycles. The molecular formula is C15H18N2O2. The van der Waals surface area contributed by atoms with Crippen LogP contribution in [0.2, 0.25) is 0 Å². The monoisotopic (exact) mass is 258 g/mol. The highest BCUT2D eigenvalue weighted by Gasteiger charge is 2.19. The molecule has 4 nitrogen and oxygen atoms in total. The molecule has 0 saturated heterocycles. The van der Waals surface area contributed by atoms with E-state index in [1.54, 1.807) is 7.11 Å². The van der Waals surface area contributed by atoms with Crippen molar-refractivity contribution >= 4 is 6.29 Å². The molecule has 1 heterocycles. The van der Waals surface area contributed by atoms with E-state index in [1.807, 2.05) is 38.5 Å². The van der Waals surface area contributed by atoms with Crippen LogP contribution in [0.25, 0.3) is 11.3 Å². The Labute approximate surface area is 113 Å². The molecule has 0 bridgehead atoms. The number of aldehydes is 1. The summed E-state index contributed by atoms with van der Waals surface area (Å²) in [6.45, 7) is 5.92. The van der Waals surface area contributed by atoms with Crippen LogP contribution in [0.1, 0.15) is 27.4 Å². The van der Waals surface area contributed by atoms with Gasteiger partial charge in [0, 0.05) is 12.6 Å². The van der Waals surface area contributed by atoms with Crippen molar-refractivity contribution < 1.29 is 9.53 Å². The van der Waals surface area contributed by atoms with Crippen LogP contribution >= 0.6 is 0 Å². The van der Waals surface area contributed by atoms with Gasteiger partial charge in [0.05, 0.1) is 12.8 Å². The summed E-state index contributed by atoms with van der Waals surface area (Å²) in [4.78, 5) is 15.5. The van der Waals surface area contributed by atoms with E-state index in [4.69, 9.17) is 4.74 Å². The third-order valence-corrected chi connectivity index (χ3v) is 3.36. The van der Waals surface area contributed by atoms with Gasteiger partial charge in [-0.1, -0.05) is 6.07 Å². The second-order valence-electron chi connectivity index (χ2n) is 4.73. The number of rotatable bonds is 3. The van der Waals surface area contributed by atoms with Crippen LogP contribution in [-0.4, -0.2) is 22.9 Å². The number of imidazole rings is 1. The summed E-state index contributed by atoms with van der Waals surface area (Å²) in [6.07, 6.45) is 0.793. The van der Waals surface area contributed by atoms with Crippen molar-refractivity contribution in [3.05, 3.63) is 34.8 Å². The van der Waals surface area contributed by atoms with Gasteiger partial charge in [0.1, 0.15) is 17.3 Å². The van der Waals surface area contributed by atoms with Gasteiger partial charge in [0.2, 0.25) is 0 Å². The summed E-state index contributed by atoms with van der Waals surface area (Å²) < 4.78 is 7.39. The molecule has 0 aliphatic rings. The molecule has 4 heteroatoms. The third-order valence-electron chi connectivity index (χ3n) is 3.36. The molecule has 0 aliphatic carbocycles. The Bertz CT molecular complexity index is 642. The predicted molar refractivity (Wildman–Crippen MR) is 74.8 cm³/mol. The van der Waals surface area contributed by atoms with Crippen LogP contribution in [0.4, 0.5) is 0 Å². The molecule has 0 spiro atoms. The molecule has 0 fully saturated rings. The number of aromatic nitrogens is 2. The minimum atomic E-state index is 0.449. The van der Waals surface area contributed by atoms with Crippen molar-refractivity contribution in [2.24, 2.45) is 7.05 Å². The van der Waals surface area contributed by atoms with Crippen molar-refractivity contribution in [3.8, 4) is 17.0 Å². The fraction of sp³-hybridized carbons (Fsp3) is 0.333. The zero-order valence-electron chi connectivity index (χ0n) is 11.9. The maximum absolute atomic E-state index is 11.2. The van der Waals surface area contributed by atoms with E-state index < -0.39 is 0 Å². The van der Waals surface area contributed by atoms with Crippen LogP contribution in [0.5, 0.6) is 5.75 Å². The second kappa shape index (κ2) is 4.88. The van der Waals surface area contributed by atoms with Gasteiger partial charge in [0.25, 0.3) is 0 Å². The van der Waals surface area contributed by atoms with Crippen LogP contribution in [-0.2, 0) is 7.05 Å². The summed E-state index contributed by atoms with van der Waals surface area (Å²) in [6, 6.07) is 4.05. The number of hydrogen-bond donors (Lipinski definition) is 0. The third kappa shape index (κ3) is 2.14. The van der Waals surface area contributed by atoms with Gasteiger partial charge in [-0.25, -0.2) is 4.98 Å². The first-order valence-corrected chi connectivity index (χ1v) is 6.13. The van der Waals surface area contributed by atoms with Crippen molar-refractivity contribution in [1.29, 1.82) is 0 Å². The maximum atomic E-state index is 11.2. The van der Waals surface area contributed by atoms with Gasteiger partial charge < -0.3 is 9.30 Å². The fourth-order valence-corrected chi connectivity index (χ4v) is 2.41. The first-order valence-electron chi connectivity index (χ1n) is 6.13. The summed E-state index contributed by atoms with van der Waals surface area (Å²) in [5, 5.41) is 0. The number of aryl methyl sites for hydroxylation is 3. The normalized spacial score (nSPS) is 10.6. The van der Waals surface area contributed by atoms with Crippen LogP contribution < -0.4 is 4.74 Å². The number of methoxy groups -OCH3 is 1. The van der Waals surface area contributed by atoms with E-state index in [-0.39, 0.29) is 0 Å². The lowest BCUT2D eigenvalue weighted by Crippen LogP contribution is -2.00. The van der Waals surface area contributed by atoms with E-state index >= 15 is 0 Å². The quantitative estimate of drug-likeness (QED) is 0.795. The first-order chi connectivity index (χ1) is 8.99. The van der Waals surface area contributed by atoms with Gasteiger partial charge >= 0.3 is 0 Å². The van der Waals surface area contributed by atoms with Crippen LogP contribution in [0.15, 0.2) is 12.1 Å². The SMILES string of the molecule is COc1cc(C)cc(C)c1-c1c(C=O)nc(C)n1C. The average Bonchev–Trinajstić information content (AvgIpc) is 2.65. The number of hydrogen-bond acceptors (Lipinski definition) is 3. The smallest absolute Gasteiger partial charge is 0.170 e. The highest BCUT2D eigenvalue weighted by molar-refractivity contribution is 5.87. The van der Waals surface area contributed by atoms with E-state index in [0.29, 0.717) is 5.69 Å². The predicted octanol–water partition coefficient (Wildman–Crippen LogP) is 2.83. The highest BCUT2D eigenvalue weighted by atomic mass is 16.5. The lowest BCUT2D eigenvalue weighted by atomic mass is 10.0. The highest BCUT2D eigenvalue weighted by Crippen LogP contribution is 2.36. The Hall–Kier alpha value is -2.10. The number of nitrogens with zero attached hydrogens (tertiary/aromatic N) is 2. The molecular weight excluding hydrogens is 240 g/mol. The van der Waals surface area contributed by atoms with Crippen molar-refractivity contribution in [3.63, 3.8) is 0 Å². The summed E-state index contributed by atoms with van der Waals surface area (Å²) in [7, 11) is 3.55. The Morgan fingerprint density at radius 1 is 1.26 bits per heavy atom. The van der Waals surface area contributed by atoms with Gasteiger partial charge in [-0.3, -0.25) is 4.79 Å². The Kier molecular flexibility index (Phi) is 3.42. The molecule has 2 rings (SSSR count). The standard InChI is InChI=1S/C15H18N2O2/c1-9-6-10(2)14(13(7-9)19-5)15-12(8-18)16-11(3)17(15)4/h6-8H,1-5H3. The molecule has 0 saturated carbocycles. The molecule has 19 heavy (non-hydrogen) atoms. The number of carbonyl (C=O) groups is 1. The zero-order chi connectivity index (χ0) is 14.2. The number of ether oxygens (including phenoxy) is 1. The Morgan fingerprint density at radius 2 is 1.95 bits per heavy atom. The largest absolute Gasteiger partial charge is 0.496 e. The fourth-order valence-electron chi connectivity index (χ4n) is 2.41. The molecule has 0 atom stereocenters. The molecule has 0 amide bonds. The van der Waals surface area contributed by atoms with Gasteiger partial charge in [0.15, 0.2) is 6.29 Å². The zero-order valence-corrected chi connectivity index (χ0v) is 11.9. The molecule has 0 radical (unpaired) electrons.